The third kappa shape index (κ3) is 6.91. The number of para-hydroxylation sites is 1. The predicted octanol–water partition coefficient (Wildman–Crippen LogP) is 4.84. The number of nitrogens with zero attached hydrogens (tertiary/aromatic N) is 4. The molecular weight excluding hydrogens is 455 g/mol. The maximum absolute atomic E-state index is 15.2. The lowest BCUT2D eigenvalue weighted by Gasteiger charge is -2.30. The number of hydrogen-bond acceptors (Lipinski definition) is 4. The third-order valence-electron chi connectivity index (χ3n) is 6.71. The first-order valence-electron chi connectivity index (χ1n) is 12.8. The van der Waals surface area contributed by atoms with Crippen molar-refractivity contribution >= 4 is 29.1 Å². The number of aromatic amines is 1. The van der Waals surface area contributed by atoms with Crippen LogP contribution in [0.25, 0.3) is 5.57 Å². The Labute approximate surface area is 214 Å². The van der Waals surface area contributed by atoms with Crippen LogP contribution in [0.3, 0.4) is 0 Å². The average Bonchev–Trinajstić information content (AvgIpc) is 3.35. The van der Waals surface area contributed by atoms with Crippen molar-refractivity contribution in [1.82, 2.24) is 15.3 Å². The minimum absolute atomic E-state index is 0.189. The summed E-state index contributed by atoms with van der Waals surface area (Å²) >= 11 is 0. The Morgan fingerprint density at radius 3 is 2.61 bits per heavy atom. The van der Waals surface area contributed by atoms with Gasteiger partial charge < -0.3 is 20.1 Å². The Bertz CT molecular complexity index is 1110. The van der Waals surface area contributed by atoms with Gasteiger partial charge in [0.1, 0.15) is 19.1 Å². The number of amides is 1. The summed E-state index contributed by atoms with van der Waals surface area (Å²) in [4.78, 5) is 24.4. The summed E-state index contributed by atoms with van der Waals surface area (Å²) in [5.41, 5.74) is 3.42. The number of benzene rings is 1. The highest BCUT2D eigenvalue weighted by Crippen LogP contribution is 2.33. The number of nitrogens with one attached hydrogen (secondary N) is 2. The van der Waals surface area contributed by atoms with E-state index in [-0.39, 0.29) is 17.5 Å². The van der Waals surface area contributed by atoms with Gasteiger partial charge in [0.2, 0.25) is 0 Å². The standard InChI is InChI=1S/C28H39FN6O/c1-6-33(4)22(3)19-21(2)24-20-31-27(32-24)28(36)34(5)25-14-12-13-23(29)26(25)35-17-10-7-8-15-30-16-9-11-18-35/h6,12-14,19-20,30H,2,7-11,15-18H2,1,3-5H3/p+1. The second-order valence-electron chi connectivity index (χ2n) is 9.30. The lowest BCUT2D eigenvalue weighted by molar-refractivity contribution is -0.438. The Hall–Kier alpha value is -3.26. The van der Waals surface area contributed by atoms with Crippen LogP contribution in [-0.4, -0.2) is 66.9 Å². The van der Waals surface area contributed by atoms with E-state index < -0.39 is 0 Å². The van der Waals surface area contributed by atoms with Crippen LogP contribution in [0.4, 0.5) is 15.8 Å². The van der Waals surface area contributed by atoms with Gasteiger partial charge in [0.25, 0.3) is 5.91 Å². The van der Waals surface area contributed by atoms with Gasteiger partial charge in [-0.05, 0) is 56.5 Å². The van der Waals surface area contributed by atoms with Crippen molar-refractivity contribution < 1.29 is 13.8 Å². The van der Waals surface area contributed by atoms with E-state index >= 15 is 4.39 Å². The van der Waals surface area contributed by atoms with Crippen molar-refractivity contribution in [3.63, 3.8) is 0 Å². The monoisotopic (exact) mass is 495 g/mol. The molecule has 1 aromatic heterocycles. The van der Waals surface area contributed by atoms with E-state index in [0.717, 1.165) is 69.6 Å². The Morgan fingerprint density at radius 2 is 1.89 bits per heavy atom. The fourth-order valence-corrected chi connectivity index (χ4v) is 4.33. The summed E-state index contributed by atoms with van der Waals surface area (Å²) in [7, 11) is 3.63. The number of imidazole rings is 1. The van der Waals surface area contributed by atoms with Gasteiger partial charge in [-0.25, -0.2) is 13.9 Å². The maximum Gasteiger partial charge on any atom is 0.293 e. The summed E-state index contributed by atoms with van der Waals surface area (Å²) in [6.45, 7) is 11.6. The topological polar surface area (TPSA) is 67.3 Å². The SMILES string of the molecule is C=C(C=C(C)[N+](C)=CC)c1cnc(C(=O)N(C)c2cccc(F)c2N2CCCCCNCCCC2)[nH]1. The molecule has 0 bridgehead atoms. The molecule has 0 aliphatic carbocycles. The molecule has 0 radical (unpaired) electrons. The van der Waals surface area contributed by atoms with Crippen molar-refractivity contribution in [3.05, 3.63) is 60.1 Å². The van der Waals surface area contributed by atoms with Crippen LogP contribution < -0.4 is 15.1 Å². The molecular formula is C28H40FN6O+. The predicted molar refractivity (Wildman–Crippen MR) is 147 cm³/mol. The quantitative estimate of drug-likeness (QED) is 0.342. The second kappa shape index (κ2) is 13.2. The molecule has 8 heteroatoms. The Morgan fingerprint density at radius 1 is 1.19 bits per heavy atom. The van der Waals surface area contributed by atoms with Crippen LogP contribution >= 0.6 is 0 Å². The van der Waals surface area contributed by atoms with Crippen LogP contribution in [0.15, 0.2) is 42.7 Å². The van der Waals surface area contributed by atoms with E-state index in [0.29, 0.717) is 17.1 Å². The van der Waals surface area contributed by atoms with Crippen LogP contribution in [0.1, 0.15) is 62.3 Å². The normalized spacial score (nSPS) is 16.4. The molecule has 7 nitrogen and oxygen atoms in total. The average molecular weight is 496 g/mol. The van der Waals surface area contributed by atoms with Gasteiger partial charge in [-0.1, -0.05) is 19.1 Å². The van der Waals surface area contributed by atoms with Crippen LogP contribution in [0, 0.1) is 5.82 Å². The largest absolute Gasteiger partial charge is 0.367 e. The second-order valence-corrected chi connectivity index (χ2v) is 9.30. The van der Waals surface area contributed by atoms with Crippen molar-refractivity contribution in [2.75, 3.05) is 50.1 Å². The van der Waals surface area contributed by atoms with Crippen molar-refractivity contribution in [2.45, 2.75) is 46.0 Å². The number of rotatable bonds is 6. The zero-order valence-corrected chi connectivity index (χ0v) is 22.1. The van der Waals surface area contributed by atoms with Gasteiger partial charge in [-0.2, -0.15) is 0 Å². The summed E-state index contributed by atoms with van der Waals surface area (Å²) in [5.74, 6) is -0.456. The fraction of sp³-hybridized carbons (Fsp3) is 0.464. The summed E-state index contributed by atoms with van der Waals surface area (Å²) in [5, 5.41) is 3.47. The number of allylic oxidation sites excluding steroid dienone is 3. The van der Waals surface area contributed by atoms with E-state index in [1.807, 2.05) is 37.8 Å². The molecule has 2 heterocycles. The summed E-state index contributed by atoms with van der Waals surface area (Å²) in [6, 6.07) is 4.92. The molecule has 0 unspecified atom stereocenters. The zero-order chi connectivity index (χ0) is 26.1. The molecule has 1 fully saturated rings. The Balaban J connectivity index is 1.84. The molecule has 0 saturated carbocycles. The molecule has 3 rings (SSSR count). The van der Waals surface area contributed by atoms with E-state index in [1.165, 1.54) is 11.0 Å². The molecule has 36 heavy (non-hydrogen) atoms. The first-order chi connectivity index (χ1) is 17.3. The molecule has 0 spiro atoms. The van der Waals surface area contributed by atoms with Crippen LogP contribution in [0.2, 0.25) is 0 Å². The highest BCUT2D eigenvalue weighted by Gasteiger charge is 2.24. The van der Waals surface area contributed by atoms with Gasteiger partial charge >= 0.3 is 0 Å². The molecule has 2 N–H and O–H groups in total. The maximum atomic E-state index is 15.2. The zero-order valence-electron chi connectivity index (χ0n) is 22.1. The first-order valence-corrected chi connectivity index (χ1v) is 12.8. The minimum Gasteiger partial charge on any atom is -0.367 e. The molecule has 1 aromatic carbocycles. The highest BCUT2D eigenvalue weighted by molar-refractivity contribution is 6.05. The smallest absolute Gasteiger partial charge is 0.293 e. The number of anilines is 2. The molecule has 2 aromatic rings. The number of hydrogen-bond donors (Lipinski definition) is 2. The lowest BCUT2D eigenvalue weighted by Crippen LogP contribution is -2.32. The van der Waals surface area contributed by atoms with Gasteiger partial charge in [0.05, 0.1) is 23.3 Å². The van der Waals surface area contributed by atoms with Gasteiger partial charge in [0.15, 0.2) is 11.5 Å². The van der Waals surface area contributed by atoms with Gasteiger partial charge in [-0.3, -0.25) is 4.79 Å². The third-order valence-corrected chi connectivity index (χ3v) is 6.71. The van der Waals surface area contributed by atoms with Crippen LogP contribution in [-0.2, 0) is 0 Å². The van der Waals surface area contributed by atoms with Crippen molar-refractivity contribution in [1.29, 1.82) is 0 Å². The van der Waals surface area contributed by atoms with Gasteiger partial charge in [0, 0.05) is 40.1 Å². The molecule has 194 valence electrons. The molecule has 1 aliphatic heterocycles. The number of halogens is 1. The summed E-state index contributed by atoms with van der Waals surface area (Å²) in [6.07, 6.45) is 10.7. The number of H-pyrrole nitrogens is 1. The number of carbonyl (C=O) groups is 1. The van der Waals surface area contributed by atoms with Gasteiger partial charge in [-0.15, -0.1) is 0 Å². The Kier molecular flexibility index (Phi) is 9.99. The van der Waals surface area contributed by atoms with E-state index in [2.05, 4.69) is 26.8 Å². The van der Waals surface area contributed by atoms with Crippen molar-refractivity contribution in [3.8, 4) is 0 Å². The number of carbonyl (C=O) groups excluding carboxylic acids is 1. The molecule has 1 aliphatic rings. The lowest BCUT2D eigenvalue weighted by atomic mass is 10.1. The van der Waals surface area contributed by atoms with E-state index in [9.17, 15) is 4.79 Å². The van der Waals surface area contributed by atoms with E-state index in [1.54, 1.807) is 25.4 Å². The van der Waals surface area contributed by atoms with E-state index in [4.69, 9.17) is 0 Å². The van der Waals surface area contributed by atoms with Crippen LogP contribution in [0.5, 0.6) is 0 Å². The highest BCUT2D eigenvalue weighted by atomic mass is 19.1. The first kappa shape index (κ1) is 27.3. The molecule has 1 saturated heterocycles. The number of aromatic nitrogens is 2. The minimum atomic E-state index is -0.331. The molecule has 0 atom stereocenters. The molecule has 1 amide bonds. The summed E-state index contributed by atoms with van der Waals surface area (Å²) < 4.78 is 17.2. The van der Waals surface area contributed by atoms with Crippen molar-refractivity contribution in [2.24, 2.45) is 0 Å². The fourth-order valence-electron chi connectivity index (χ4n) is 4.33.